The van der Waals surface area contributed by atoms with Gasteiger partial charge in [-0.15, -0.1) is 29.5 Å². The summed E-state index contributed by atoms with van der Waals surface area (Å²) in [5.74, 6) is 0.182. The standard InChI is InChI=1S/C21H18N6O5S2/c1-2-8-32-25-14(13-11-34-21(22)23-13)17(28)24-15-18(29)27-16(20(30)31)12(10-33-19(15)27)9-26-6-4-3-5-7-26/h1,3-7,11,15,19H,8-10H2,(H3-,22,23,24,28,30,31)/p+1/t15?,19-/m0/s1. The number of aliphatic carboxylic acids is 1. The zero-order chi connectivity index (χ0) is 24.2. The van der Waals surface area contributed by atoms with Crippen molar-refractivity contribution in [3.63, 3.8) is 0 Å². The first-order valence-corrected chi connectivity index (χ1v) is 11.8. The summed E-state index contributed by atoms with van der Waals surface area (Å²) in [7, 11) is 0. The molecule has 1 saturated heterocycles. The molecule has 2 aromatic heterocycles. The van der Waals surface area contributed by atoms with E-state index >= 15 is 0 Å². The van der Waals surface area contributed by atoms with Crippen molar-refractivity contribution in [2.45, 2.75) is 18.0 Å². The lowest BCUT2D eigenvalue weighted by Gasteiger charge is -2.49. The molecule has 0 spiro atoms. The number of aromatic nitrogens is 2. The maximum Gasteiger partial charge on any atom is 0.352 e. The number of β-lactam (4-membered cyclic amide) rings is 1. The Hall–Kier alpha value is -3.89. The molecule has 0 saturated carbocycles. The Bertz CT molecular complexity index is 1240. The van der Waals surface area contributed by atoms with Gasteiger partial charge in [0.25, 0.3) is 11.8 Å². The highest BCUT2D eigenvalue weighted by Gasteiger charge is 2.54. The molecular formula is C21H19N6O5S2+. The second kappa shape index (κ2) is 9.94. The Morgan fingerprint density at radius 1 is 1.41 bits per heavy atom. The molecule has 4 heterocycles. The highest BCUT2D eigenvalue weighted by molar-refractivity contribution is 8.00. The van der Waals surface area contributed by atoms with Crippen LogP contribution in [0.2, 0.25) is 0 Å². The molecule has 0 aromatic carbocycles. The predicted molar refractivity (Wildman–Crippen MR) is 124 cm³/mol. The zero-order valence-corrected chi connectivity index (χ0v) is 19.2. The Morgan fingerprint density at radius 2 is 2.18 bits per heavy atom. The van der Waals surface area contributed by atoms with Gasteiger partial charge in [-0.3, -0.25) is 14.5 Å². The fraction of sp³-hybridized carbons (Fsp3) is 0.238. The van der Waals surface area contributed by atoms with Crippen LogP contribution in [0.5, 0.6) is 0 Å². The van der Waals surface area contributed by atoms with E-state index in [1.54, 1.807) is 0 Å². The second-order valence-corrected chi connectivity index (χ2v) is 9.15. The normalized spacial score (nSPS) is 19.7. The second-order valence-electron chi connectivity index (χ2n) is 7.15. The summed E-state index contributed by atoms with van der Waals surface area (Å²) >= 11 is 2.48. The molecule has 2 aromatic rings. The number of rotatable bonds is 8. The number of nitrogen functional groups attached to an aromatic ring is 1. The molecule has 13 heteroatoms. The largest absolute Gasteiger partial charge is 0.477 e. The third kappa shape index (κ3) is 4.59. The summed E-state index contributed by atoms with van der Waals surface area (Å²) in [6.45, 7) is 0.164. The van der Waals surface area contributed by atoms with Crippen molar-refractivity contribution < 1.29 is 28.9 Å². The number of carboxylic acids is 1. The predicted octanol–water partition coefficient (Wildman–Crippen LogP) is -0.194. The number of pyridine rings is 1. The van der Waals surface area contributed by atoms with Crippen LogP contribution in [-0.4, -0.2) is 62.3 Å². The van der Waals surface area contributed by atoms with Gasteiger partial charge in [0, 0.05) is 28.8 Å². The maximum atomic E-state index is 12.9. The Morgan fingerprint density at radius 3 is 2.82 bits per heavy atom. The number of carboxylic acid groups (broad SMARTS) is 1. The van der Waals surface area contributed by atoms with Crippen LogP contribution in [0, 0.1) is 12.3 Å². The molecule has 0 aliphatic carbocycles. The minimum atomic E-state index is -1.20. The third-order valence-electron chi connectivity index (χ3n) is 4.97. The smallest absolute Gasteiger partial charge is 0.352 e. The Balaban J connectivity index is 1.53. The summed E-state index contributed by atoms with van der Waals surface area (Å²) in [6.07, 6.45) is 8.78. The average molecular weight is 500 g/mol. The van der Waals surface area contributed by atoms with Crippen LogP contribution < -0.4 is 15.6 Å². The molecule has 2 atom stereocenters. The molecular weight excluding hydrogens is 480 g/mol. The first-order chi connectivity index (χ1) is 16.4. The SMILES string of the molecule is C#CCON=C(C(=O)NC1C(=O)N2C(C(=O)O)=C(C[n+]3ccccc3)CS[C@@H]12)c1csc(N)n1. The van der Waals surface area contributed by atoms with Crippen molar-refractivity contribution in [3.05, 3.63) is 52.9 Å². The van der Waals surface area contributed by atoms with Crippen LogP contribution in [0.4, 0.5) is 5.13 Å². The van der Waals surface area contributed by atoms with E-state index in [0.717, 1.165) is 11.3 Å². The minimum absolute atomic E-state index is 0.0610. The molecule has 4 N–H and O–H groups in total. The summed E-state index contributed by atoms with van der Waals surface area (Å²) < 4.78 is 1.83. The number of fused-ring (bicyclic) bond motifs is 1. The number of thiazole rings is 1. The van der Waals surface area contributed by atoms with Crippen molar-refractivity contribution >= 4 is 51.7 Å². The van der Waals surface area contributed by atoms with Crippen LogP contribution in [0.1, 0.15) is 5.69 Å². The van der Waals surface area contributed by atoms with Gasteiger partial charge in [-0.25, -0.2) is 14.3 Å². The lowest BCUT2D eigenvalue weighted by Crippen LogP contribution is -2.71. The van der Waals surface area contributed by atoms with Gasteiger partial charge in [0.05, 0.1) is 0 Å². The van der Waals surface area contributed by atoms with Gasteiger partial charge in [-0.05, 0) is 0 Å². The fourth-order valence-corrected chi connectivity index (χ4v) is 5.39. The minimum Gasteiger partial charge on any atom is -0.477 e. The van der Waals surface area contributed by atoms with Crippen LogP contribution in [0.3, 0.4) is 0 Å². The summed E-state index contributed by atoms with van der Waals surface area (Å²) in [6, 6.07) is 4.59. The molecule has 34 heavy (non-hydrogen) atoms. The summed E-state index contributed by atoms with van der Waals surface area (Å²) in [4.78, 5) is 48.1. The molecule has 2 aliphatic heterocycles. The van der Waals surface area contributed by atoms with Gasteiger partial charge in [0.15, 0.2) is 36.4 Å². The number of hydrogen-bond donors (Lipinski definition) is 3. The van der Waals surface area contributed by atoms with Gasteiger partial charge in [0.1, 0.15) is 22.8 Å². The molecule has 0 radical (unpaired) electrons. The molecule has 1 unspecified atom stereocenters. The molecule has 2 amide bonds. The van der Waals surface area contributed by atoms with Crippen LogP contribution in [0.25, 0.3) is 0 Å². The molecule has 2 aliphatic rings. The first kappa shape index (κ1) is 23.3. The molecule has 4 rings (SSSR count). The molecule has 174 valence electrons. The number of terminal acetylenes is 1. The first-order valence-electron chi connectivity index (χ1n) is 9.90. The third-order valence-corrected chi connectivity index (χ3v) is 6.98. The number of carbonyl (C=O) groups excluding carboxylic acids is 2. The number of oxime groups is 1. The van der Waals surface area contributed by atoms with Gasteiger partial charge < -0.3 is 21.0 Å². The van der Waals surface area contributed by atoms with E-state index in [-0.39, 0.29) is 28.8 Å². The van der Waals surface area contributed by atoms with Gasteiger partial charge >= 0.3 is 5.97 Å². The van der Waals surface area contributed by atoms with E-state index in [0.29, 0.717) is 17.9 Å². The summed E-state index contributed by atoms with van der Waals surface area (Å²) in [5.41, 5.74) is 6.18. The number of nitrogens with zero attached hydrogens (tertiary/aromatic N) is 4. The number of nitrogens with one attached hydrogen (secondary N) is 1. The van der Waals surface area contributed by atoms with Crippen molar-refractivity contribution in [2.75, 3.05) is 18.1 Å². The van der Waals surface area contributed by atoms with Crippen molar-refractivity contribution in [1.82, 2.24) is 15.2 Å². The van der Waals surface area contributed by atoms with E-state index < -0.39 is 29.2 Å². The quantitative estimate of drug-likeness (QED) is 0.113. The van der Waals surface area contributed by atoms with Crippen molar-refractivity contribution in [1.29, 1.82) is 0 Å². The number of carbonyl (C=O) groups is 3. The monoisotopic (exact) mass is 499 g/mol. The van der Waals surface area contributed by atoms with E-state index in [1.165, 1.54) is 22.0 Å². The topological polar surface area (TPSA) is 151 Å². The number of anilines is 1. The van der Waals surface area contributed by atoms with Crippen molar-refractivity contribution in [2.24, 2.45) is 5.16 Å². The lowest BCUT2D eigenvalue weighted by atomic mass is 10.0. The van der Waals surface area contributed by atoms with E-state index in [1.807, 2.05) is 35.2 Å². The van der Waals surface area contributed by atoms with Crippen LogP contribution in [-0.2, 0) is 25.8 Å². The number of amides is 2. The molecule has 1 fully saturated rings. The Labute approximate surface area is 202 Å². The van der Waals surface area contributed by atoms with Crippen molar-refractivity contribution in [3.8, 4) is 12.3 Å². The molecule has 11 nitrogen and oxygen atoms in total. The Kier molecular flexibility index (Phi) is 6.80. The van der Waals surface area contributed by atoms with E-state index in [4.69, 9.17) is 17.0 Å². The fourth-order valence-electron chi connectivity index (χ4n) is 3.51. The van der Waals surface area contributed by atoms with Crippen LogP contribution >= 0.6 is 23.1 Å². The van der Waals surface area contributed by atoms with Crippen LogP contribution in [0.15, 0.2) is 52.4 Å². The van der Waals surface area contributed by atoms with Gasteiger partial charge in [-0.2, -0.15) is 0 Å². The maximum absolute atomic E-state index is 12.9. The average Bonchev–Trinajstić information content (AvgIpc) is 3.26. The van der Waals surface area contributed by atoms with E-state index in [2.05, 4.69) is 21.4 Å². The van der Waals surface area contributed by atoms with Gasteiger partial charge in [-0.1, -0.05) is 17.1 Å². The van der Waals surface area contributed by atoms with E-state index in [9.17, 15) is 19.5 Å². The zero-order valence-electron chi connectivity index (χ0n) is 17.6. The lowest BCUT2D eigenvalue weighted by molar-refractivity contribution is -0.689. The number of nitrogens with two attached hydrogens (primary N) is 1. The number of hydrogen-bond acceptors (Lipinski definition) is 9. The van der Waals surface area contributed by atoms with Gasteiger partial charge in [0.2, 0.25) is 0 Å². The number of thioether (sulfide) groups is 1. The highest BCUT2D eigenvalue weighted by atomic mass is 32.2. The molecule has 0 bridgehead atoms. The summed E-state index contributed by atoms with van der Waals surface area (Å²) in [5, 5.41) is 17.4. The highest BCUT2D eigenvalue weighted by Crippen LogP contribution is 2.40.